The Balaban J connectivity index is 0.000000137. The maximum atomic E-state index is 6.59. The first-order chi connectivity index (χ1) is 59.5. The van der Waals surface area contributed by atoms with Gasteiger partial charge in [-0.25, -0.2) is 29.9 Å². The van der Waals surface area contributed by atoms with E-state index < -0.39 is 0 Å². The fraction of sp³-hybridized carbons (Fsp3) is 0. The Morgan fingerprint density at radius 3 is 0.833 bits per heavy atom. The van der Waals surface area contributed by atoms with Gasteiger partial charge < -0.3 is 27.1 Å². The van der Waals surface area contributed by atoms with E-state index in [2.05, 4.69) is 279 Å². The lowest BCUT2D eigenvalue weighted by Gasteiger charge is -2.12. The van der Waals surface area contributed by atoms with Crippen LogP contribution in [0.2, 0.25) is 0 Å². The van der Waals surface area contributed by atoms with Crippen molar-refractivity contribution in [1.29, 1.82) is 0 Å². The average Bonchev–Trinajstić information content (AvgIpc) is 1.56. The molecule has 0 aliphatic rings. The average molecular weight is 1540 g/mol. The third-order valence-electron chi connectivity index (χ3n) is 23.5. The minimum atomic E-state index is 0.623. The largest absolute Gasteiger partial charge is 0.455 e. The van der Waals surface area contributed by atoms with Crippen LogP contribution in [0, 0.1) is 0 Å². The highest BCUT2D eigenvalue weighted by atomic mass is 16.3. The van der Waals surface area contributed by atoms with Crippen molar-refractivity contribution in [2.75, 3.05) is 0 Å². The summed E-state index contributed by atoms with van der Waals surface area (Å²) >= 11 is 0. The molecule has 0 spiro atoms. The van der Waals surface area contributed by atoms with Crippen LogP contribution in [0.25, 0.3) is 233 Å². The van der Waals surface area contributed by atoms with E-state index in [1.165, 1.54) is 32.3 Å². The highest BCUT2D eigenvalue weighted by Gasteiger charge is 2.25. The fourth-order valence-electron chi connectivity index (χ4n) is 18.1. The quantitative estimate of drug-likeness (QED) is 0.125. The van der Waals surface area contributed by atoms with Gasteiger partial charge in [0.1, 0.15) is 22.3 Å². The maximum absolute atomic E-state index is 6.59. The number of furan rings is 2. The molecule has 0 unspecified atom stereocenters. The zero-order valence-electron chi connectivity index (χ0n) is 64.4. The number of rotatable bonds is 11. The summed E-state index contributed by atoms with van der Waals surface area (Å²) in [5, 5.41) is 13.9. The molecule has 25 aromatic rings. The number of para-hydroxylation sites is 6. The summed E-state index contributed by atoms with van der Waals surface area (Å²) in [6.07, 6.45) is 0. The van der Waals surface area contributed by atoms with Crippen LogP contribution >= 0.6 is 0 Å². The molecule has 25 rings (SSSR count). The highest BCUT2D eigenvalue weighted by Crippen LogP contribution is 2.46. The van der Waals surface area contributed by atoms with E-state index in [-0.39, 0.29) is 0 Å². The lowest BCUT2D eigenvalue weighted by Crippen LogP contribution is -2.01. The summed E-state index contributed by atoms with van der Waals surface area (Å²) in [5.41, 5.74) is 24.8. The zero-order valence-corrected chi connectivity index (χ0v) is 64.4. The van der Waals surface area contributed by atoms with Crippen molar-refractivity contribution in [2.24, 2.45) is 0 Å². The van der Waals surface area contributed by atoms with Gasteiger partial charge in [-0.2, -0.15) is 0 Å². The van der Waals surface area contributed by atoms with Gasteiger partial charge in [0.15, 0.2) is 34.9 Å². The van der Waals surface area contributed by atoms with Gasteiger partial charge >= 0.3 is 0 Å². The molecule has 0 fully saturated rings. The highest BCUT2D eigenvalue weighted by molar-refractivity contribution is 6.26. The van der Waals surface area contributed by atoms with Crippen molar-refractivity contribution < 1.29 is 8.83 Å². The number of fused-ring (bicyclic) bond motifs is 20. The van der Waals surface area contributed by atoms with Gasteiger partial charge in [0.25, 0.3) is 0 Å². The van der Waals surface area contributed by atoms with E-state index in [1.807, 2.05) is 140 Å². The smallest absolute Gasteiger partial charge is 0.164 e. The molecule has 0 aliphatic heterocycles. The van der Waals surface area contributed by atoms with Crippen LogP contribution in [0.15, 0.2) is 409 Å². The lowest BCUT2D eigenvalue weighted by molar-refractivity contribution is 0.672. The summed E-state index contributed by atoms with van der Waals surface area (Å²) < 4.78 is 22.7. The molecule has 0 saturated heterocycles. The molecule has 8 heterocycles. The van der Waals surface area contributed by atoms with Crippen molar-refractivity contribution in [1.82, 2.24) is 48.2 Å². The summed E-state index contributed by atoms with van der Waals surface area (Å²) in [4.78, 5) is 29.9. The van der Waals surface area contributed by atoms with Gasteiger partial charge in [-0.3, -0.25) is 0 Å². The van der Waals surface area contributed by atoms with Gasteiger partial charge in [-0.05, 0) is 139 Å². The molecule has 0 radical (unpaired) electrons. The third-order valence-corrected chi connectivity index (χ3v) is 23.5. The predicted octanol–water partition coefficient (Wildman–Crippen LogP) is 27.6. The third kappa shape index (κ3) is 11.1. The Morgan fingerprint density at radius 1 is 0.158 bits per heavy atom. The number of nitrogens with zero attached hydrogens (tertiary/aromatic N) is 10. The van der Waals surface area contributed by atoms with Crippen LogP contribution in [-0.2, 0) is 0 Å². The van der Waals surface area contributed by atoms with Crippen molar-refractivity contribution in [2.45, 2.75) is 0 Å². The first-order valence-electron chi connectivity index (χ1n) is 40.3. The van der Waals surface area contributed by atoms with Gasteiger partial charge in [0.2, 0.25) is 0 Å². The molecule has 0 N–H and O–H groups in total. The number of hydrogen-bond donors (Lipinski definition) is 0. The van der Waals surface area contributed by atoms with Crippen molar-refractivity contribution in [3.8, 4) is 102 Å². The van der Waals surface area contributed by atoms with Gasteiger partial charge in [-0.1, -0.05) is 273 Å². The van der Waals surface area contributed by atoms with E-state index in [0.29, 0.717) is 34.9 Å². The van der Waals surface area contributed by atoms with Crippen LogP contribution in [-0.4, -0.2) is 48.2 Å². The van der Waals surface area contributed by atoms with Crippen molar-refractivity contribution >= 4 is 131 Å². The SMILES string of the molecule is c1ccc(-c2nc(-c3ccccc3)nc(-c3cccc(-c4cccc(-n5c6ccccc6c6cc(-n7c8ccccc8c8c9oc%10ccccc%10c9ccc87)ccc65)c4)c3)n2)cc1.c1ccc(-c2nc(-c3ccccc3)nc(-c3cccc(-n4c5ccccc5c5cc(-n6c7ccccc7c7c8oc9ccccc9c8ccc76)ccc54)c3)n2)cc1. The van der Waals surface area contributed by atoms with Gasteiger partial charge in [-0.15, -0.1) is 0 Å². The first-order valence-corrected chi connectivity index (χ1v) is 40.3. The van der Waals surface area contributed by atoms with Crippen LogP contribution in [0.3, 0.4) is 0 Å². The molecule has 12 heteroatoms. The van der Waals surface area contributed by atoms with Crippen molar-refractivity contribution in [3.05, 3.63) is 400 Å². The molecular formula is C108H66N10O2. The molecule has 560 valence electrons. The molecule has 0 bridgehead atoms. The molecule has 8 aromatic heterocycles. The number of hydrogen-bond acceptors (Lipinski definition) is 8. The molecule has 0 aliphatic carbocycles. The van der Waals surface area contributed by atoms with Crippen LogP contribution in [0.1, 0.15) is 0 Å². The maximum Gasteiger partial charge on any atom is 0.164 e. The predicted molar refractivity (Wildman–Crippen MR) is 490 cm³/mol. The van der Waals surface area contributed by atoms with E-state index in [9.17, 15) is 0 Å². The van der Waals surface area contributed by atoms with Crippen molar-refractivity contribution in [3.63, 3.8) is 0 Å². The molecule has 12 nitrogen and oxygen atoms in total. The summed E-state index contributed by atoms with van der Waals surface area (Å²) in [7, 11) is 0. The minimum absolute atomic E-state index is 0.623. The molecule has 0 atom stereocenters. The number of aromatic nitrogens is 10. The van der Waals surface area contributed by atoms with Crippen LogP contribution in [0.4, 0.5) is 0 Å². The van der Waals surface area contributed by atoms with E-state index in [1.54, 1.807) is 0 Å². The molecular weight excluding hydrogens is 1470 g/mol. The van der Waals surface area contributed by atoms with E-state index >= 15 is 0 Å². The van der Waals surface area contributed by atoms with Gasteiger partial charge in [0.05, 0.1) is 54.9 Å². The van der Waals surface area contributed by atoms with Gasteiger partial charge in [0, 0.05) is 110 Å². The summed E-state index contributed by atoms with van der Waals surface area (Å²) in [6.45, 7) is 0. The molecule has 17 aromatic carbocycles. The Morgan fingerprint density at radius 2 is 0.425 bits per heavy atom. The lowest BCUT2D eigenvalue weighted by atomic mass is 10.0. The second-order valence-electron chi connectivity index (χ2n) is 30.4. The second-order valence-corrected chi connectivity index (χ2v) is 30.4. The Labute approximate surface area is 686 Å². The number of benzene rings is 17. The molecule has 120 heavy (non-hydrogen) atoms. The van der Waals surface area contributed by atoms with E-state index in [0.717, 1.165) is 166 Å². The Hall–Kier alpha value is -16.4. The molecule has 0 amide bonds. The minimum Gasteiger partial charge on any atom is -0.455 e. The fourth-order valence-corrected chi connectivity index (χ4v) is 18.1. The monoisotopic (exact) mass is 1530 g/mol. The Kier molecular flexibility index (Phi) is 15.7. The topological polar surface area (TPSA) is 123 Å². The Bertz CT molecular complexity index is 8310. The second kappa shape index (κ2) is 27.7. The van der Waals surface area contributed by atoms with Crippen LogP contribution < -0.4 is 0 Å². The molecule has 0 saturated carbocycles. The zero-order chi connectivity index (χ0) is 78.9. The van der Waals surface area contributed by atoms with Crippen LogP contribution in [0.5, 0.6) is 0 Å². The summed E-state index contributed by atoms with van der Waals surface area (Å²) in [5.74, 6) is 3.81. The standard InChI is InChI=1S/C57H35N5O.C51H31N5O/c1-3-15-36(16-4-1)55-58-56(37-17-5-2-6-18-37)60-57(59-55)40-21-13-19-38(33-40)39-20-14-22-41(34-39)61-48-26-10-7-23-43(48)47-35-42(29-31-50(47)61)62-49-27-11-8-25-46(49)53-51(62)32-30-45-44-24-9-12-28-52(44)63-54(45)53;1-3-14-32(15-4-1)49-52-50(33-16-5-2-6-17-33)54-51(53-49)34-18-13-19-35(30-34)55-42-23-10-7-20-37(42)41-31-36(26-28-44(41)55)56-43-24-11-8-22-40(43)47-45(56)29-27-39-38-21-9-12-25-46(38)57-48(39)47/h1-35H;1-31H. The summed E-state index contributed by atoms with van der Waals surface area (Å²) in [6, 6.07) is 140. The first kappa shape index (κ1) is 68.0. The van der Waals surface area contributed by atoms with E-state index in [4.69, 9.17) is 38.7 Å². The normalized spacial score (nSPS) is 11.8.